The Balaban J connectivity index is 2.23. The summed E-state index contributed by atoms with van der Waals surface area (Å²) < 4.78 is 20.5. The molecule has 0 bridgehead atoms. The van der Waals surface area contributed by atoms with Crippen LogP contribution in [0.5, 0.6) is 5.75 Å². The summed E-state index contributed by atoms with van der Waals surface area (Å²) >= 11 is 0. The Morgan fingerprint density at radius 3 is 2.58 bits per heavy atom. The van der Waals surface area contributed by atoms with Crippen LogP contribution in [0.3, 0.4) is 0 Å². The molecule has 0 aliphatic heterocycles. The van der Waals surface area contributed by atoms with E-state index in [0.29, 0.717) is 5.52 Å². The Morgan fingerprint density at radius 2 is 1.89 bits per heavy atom. The molecule has 2 N–H and O–H groups in total. The average Bonchev–Trinajstić information content (AvgIpc) is 2.77. The number of imidazole rings is 1. The van der Waals surface area contributed by atoms with E-state index in [1.54, 1.807) is 23.8 Å². The van der Waals surface area contributed by atoms with Gasteiger partial charge in [0, 0.05) is 5.69 Å². The van der Waals surface area contributed by atoms with Crippen LogP contribution in [0.1, 0.15) is 0 Å². The maximum Gasteiger partial charge on any atom is 0.206 e. The quantitative estimate of drug-likeness (QED) is 0.768. The number of nitrogen functional groups attached to an aromatic ring is 1. The minimum Gasteiger partial charge on any atom is -0.497 e. The first-order chi connectivity index (χ1) is 9.20. The van der Waals surface area contributed by atoms with E-state index in [0.717, 1.165) is 11.4 Å². The molecule has 0 fully saturated rings. The van der Waals surface area contributed by atoms with Gasteiger partial charge < -0.3 is 10.5 Å². The van der Waals surface area contributed by atoms with Gasteiger partial charge in [-0.1, -0.05) is 6.07 Å². The summed E-state index contributed by atoms with van der Waals surface area (Å²) in [5.41, 5.74) is 7.61. The van der Waals surface area contributed by atoms with Crippen molar-refractivity contribution in [2.75, 3.05) is 12.8 Å². The number of ether oxygens (including phenoxy) is 1. The predicted octanol–water partition coefficient (Wildman–Crippen LogP) is 2.76. The van der Waals surface area contributed by atoms with Crippen LogP contribution in [0.25, 0.3) is 16.7 Å². The largest absolute Gasteiger partial charge is 0.497 e. The van der Waals surface area contributed by atoms with Gasteiger partial charge in [0.05, 0.1) is 12.6 Å². The lowest BCUT2D eigenvalue weighted by Gasteiger charge is -2.07. The van der Waals surface area contributed by atoms with Gasteiger partial charge in [-0.15, -0.1) is 0 Å². The van der Waals surface area contributed by atoms with Crippen LogP contribution in [0, 0.1) is 5.82 Å². The van der Waals surface area contributed by atoms with Gasteiger partial charge in [0.2, 0.25) is 5.95 Å². The Kier molecular flexibility index (Phi) is 2.59. The van der Waals surface area contributed by atoms with Crippen LogP contribution in [-0.2, 0) is 0 Å². The number of nitrogens with two attached hydrogens (primary N) is 1. The Labute approximate surface area is 109 Å². The highest BCUT2D eigenvalue weighted by atomic mass is 19.1. The fourth-order valence-corrected chi connectivity index (χ4v) is 2.09. The third-order valence-electron chi connectivity index (χ3n) is 2.99. The van der Waals surface area contributed by atoms with Crippen molar-refractivity contribution in [3.05, 3.63) is 48.3 Å². The molecule has 4 nitrogen and oxygen atoms in total. The van der Waals surface area contributed by atoms with Gasteiger partial charge in [-0.25, -0.2) is 9.37 Å². The Hall–Kier alpha value is -2.56. The van der Waals surface area contributed by atoms with Crippen molar-refractivity contribution >= 4 is 17.0 Å². The molecule has 1 aromatic heterocycles. The summed E-state index contributed by atoms with van der Waals surface area (Å²) in [4.78, 5) is 4.07. The standard InChI is InChI=1S/C14H12FN3O/c1-19-10-7-5-9(6-8-10)18-12-4-2-3-11(15)13(12)17-14(18)16/h2-8H,1H3,(H2,16,17). The van der Waals surface area contributed by atoms with Crippen molar-refractivity contribution < 1.29 is 9.13 Å². The number of hydrogen-bond acceptors (Lipinski definition) is 3. The maximum atomic E-state index is 13.7. The highest BCUT2D eigenvalue weighted by Gasteiger charge is 2.12. The van der Waals surface area contributed by atoms with Gasteiger partial charge in [0.1, 0.15) is 11.3 Å². The number of halogens is 1. The summed E-state index contributed by atoms with van der Waals surface area (Å²) in [6.07, 6.45) is 0. The number of aromatic nitrogens is 2. The number of nitrogens with zero attached hydrogens (tertiary/aromatic N) is 2. The highest BCUT2D eigenvalue weighted by molar-refractivity contribution is 5.81. The van der Waals surface area contributed by atoms with Crippen LogP contribution in [0.2, 0.25) is 0 Å². The second kappa shape index (κ2) is 4.28. The van der Waals surface area contributed by atoms with Crippen LogP contribution in [0.15, 0.2) is 42.5 Å². The minimum absolute atomic E-state index is 0.255. The Bertz CT molecular complexity index is 734. The lowest BCUT2D eigenvalue weighted by atomic mass is 10.2. The Morgan fingerprint density at radius 1 is 1.16 bits per heavy atom. The molecule has 0 saturated heterocycles. The van der Waals surface area contributed by atoms with Crippen LogP contribution in [-0.4, -0.2) is 16.7 Å². The van der Waals surface area contributed by atoms with Gasteiger partial charge in [0.25, 0.3) is 0 Å². The number of benzene rings is 2. The summed E-state index contributed by atoms with van der Waals surface area (Å²) in [5, 5.41) is 0. The van der Waals surface area contributed by atoms with E-state index in [-0.39, 0.29) is 17.3 Å². The zero-order valence-corrected chi connectivity index (χ0v) is 10.3. The second-order valence-electron chi connectivity index (χ2n) is 4.11. The number of hydrogen-bond donors (Lipinski definition) is 1. The van der Waals surface area contributed by atoms with Crippen molar-refractivity contribution in [2.45, 2.75) is 0 Å². The van der Waals surface area contributed by atoms with Gasteiger partial charge >= 0.3 is 0 Å². The predicted molar refractivity (Wildman–Crippen MR) is 72.0 cm³/mol. The SMILES string of the molecule is COc1ccc(-n2c(N)nc3c(F)cccc32)cc1. The second-order valence-corrected chi connectivity index (χ2v) is 4.11. The van der Waals surface area contributed by atoms with Crippen LogP contribution < -0.4 is 10.5 Å². The third-order valence-corrected chi connectivity index (χ3v) is 2.99. The van der Waals surface area contributed by atoms with E-state index in [1.165, 1.54) is 6.07 Å². The number of para-hydroxylation sites is 1. The third kappa shape index (κ3) is 1.79. The summed E-state index contributed by atoms with van der Waals surface area (Å²) in [6.45, 7) is 0. The average molecular weight is 257 g/mol. The molecule has 0 spiro atoms. The summed E-state index contributed by atoms with van der Waals surface area (Å²) in [6, 6.07) is 12.1. The van der Waals surface area contributed by atoms with Crippen LogP contribution >= 0.6 is 0 Å². The molecule has 0 atom stereocenters. The first-order valence-electron chi connectivity index (χ1n) is 5.77. The van der Waals surface area contributed by atoms with Gasteiger partial charge in [0.15, 0.2) is 5.82 Å². The number of fused-ring (bicyclic) bond motifs is 1. The molecule has 0 aliphatic carbocycles. The fraction of sp³-hybridized carbons (Fsp3) is 0.0714. The van der Waals surface area contributed by atoms with Gasteiger partial charge in [-0.05, 0) is 36.4 Å². The molecule has 3 rings (SSSR count). The highest BCUT2D eigenvalue weighted by Crippen LogP contribution is 2.25. The van der Waals surface area contributed by atoms with Gasteiger partial charge in [-0.3, -0.25) is 4.57 Å². The summed E-state index contributed by atoms with van der Waals surface area (Å²) in [7, 11) is 1.60. The molecule has 0 saturated carbocycles. The molecule has 5 heteroatoms. The van der Waals surface area contributed by atoms with E-state index in [1.807, 2.05) is 24.3 Å². The molecule has 1 heterocycles. The topological polar surface area (TPSA) is 53.1 Å². The van der Waals surface area contributed by atoms with E-state index in [2.05, 4.69) is 4.98 Å². The molecule has 19 heavy (non-hydrogen) atoms. The normalized spacial score (nSPS) is 10.8. The van der Waals surface area contributed by atoms with Crippen molar-refractivity contribution in [2.24, 2.45) is 0 Å². The van der Waals surface area contributed by atoms with Crippen molar-refractivity contribution in [3.8, 4) is 11.4 Å². The molecule has 0 aliphatic rings. The summed E-state index contributed by atoms with van der Waals surface area (Å²) in [5.74, 6) is 0.625. The molecule has 96 valence electrons. The zero-order valence-electron chi connectivity index (χ0n) is 10.3. The lowest BCUT2D eigenvalue weighted by Crippen LogP contribution is -2.00. The minimum atomic E-state index is -0.378. The van der Waals surface area contributed by atoms with Crippen molar-refractivity contribution in [1.82, 2.24) is 9.55 Å². The molecule has 0 radical (unpaired) electrons. The maximum absolute atomic E-state index is 13.7. The monoisotopic (exact) mass is 257 g/mol. The van der Waals surface area contributed by atoms with Gasteiger partial charge in [-0.2, -0.15) is 0 Å². The van der Waals surface area contributed by atoms with E-state index in [9.17, 15) is 4.39 Å². The molecule has 2 aromatic carbocycles. The van der Waals surface area contributed by atoms with Crippen LogP contribution in [0.4, 0.5) is 10.3 Å². The number of methoxy groups -OCH3 is 1. The fourth-order valence-electron chi connectivity index (χ4n) is 2.09. The lowest BCUT2D eigenvalue weighted by molar-refractivity contribution is 0.415. The van der Waals surface area contributed by atoms with E-state index < -0.39 is 0 Å². The first kappa shape index (κ1) is 11.5. The molecule has 0 amide bonds. The number of rotatable bonds is 2. The first-order valence-corrected chi connectivity index (χ1v) is 5.77. The zero-order chi connectivity index (χ0) is 13.4. The molecular weight excluding hydrogens is 245 g/mol. The van der Waals surface area contributed by atoms with Crippen molar-refractivity contribution in [3.63, 3.8) is 0 Å². The molecular formula is C14H12FN3O. The van der Waals surface area contributed by atoms with E-state index >= 15 is 0 Å². The smallest absolute Gasteiger partial charge is 0.206 e. The molecule has 0 unspecified atom stereocenters. The van der Waals surface area contributed by atoms with Crippen molar-refractivity contribution in [1.29, 1.82) is 0 Å². The molecule has 3 aromatic rings. The van der Waals surface area contributed by atoms with E-state index in [4.69, 9.17) is 10.5 Å². The number of anilines is 1.